The van der Waals surface area contributed by atoms with Crippen LogP contribution in [0.5, 0.6) is 5.88 Å². The van der Waals surface area contributed by atoms with Crippen LogP contribution in [-0.2, 0) is 11.6 Å². The largest absolute Gasteiger partial charge is 0.476 e. The van der Waals surface area contributed by atoms with Gasteiger partial charge in [-0.3, -0.25) is 9.78 Å². The molecule has 0 radical (unpaired) electrons. The van der Waals surface area contributed by atoms with Crippen molar-refractivity contribution in [3.05, 3.63) is 47.4 Å². The van der Waals surface area contributed by atoms with Crippen LogP contribution in [0.25, 0.3) is 0 Å². The van der Waals surface area contributed by atoms with Gasteiger partial charge in [-0.15, -0.1) is 5.10 Å². The fourth-order valence-corrected chi connectivity index (χ4v) is 3.17. The van der Waals surface area contributed by atoms with E-state index in [9.17, 15) is 18.0 Å². The average Bonchev–Trinajstić information content (AvgIpc) is 2.71. The van der Waals surface area contributed by atoms with Gasteiger partial charge in [0.05, 0.1) is 17.9 Å². The van der Waals surface area contributed by atoms with Gasteiger partial charge >= 0.3 is 6.18 Å². The number of hydrogen-bond acceptors (Lipinski definition) is 5. The second kappa shape index (κ2) is 8.57. The SMILES string of the molecule is CC(C)(C)c1ccc(OCC2CCN(C(=O)c3ccc(C(F)(F)F)nc3)CC2)nn1. The van der Waals surface area contributed by atoms with E-state index in [0.29, 0.717) is 25.6 Å². The van der Waals surface area contributed by atoms with Crippen molar-refractivity contribution in [1.29, 1.82) is 0 Å². The Hall–Kier alpha value is -2.71. The number of alkyl halides is 3. The zero-order chi connectivity index (χ0) is 21.9. The van der Waals surface area contributed by atoms with Gasteiger partial charge in [-0.05, 0) is 37.0 Å². The standard InChI is InChI=1S/C21H25F3N4O2/c1-20(2,3)16-6-7-18(27-26-16)30-13-14-8-10-28(11-9-14)19(29)15-4-5-17(25-12-15)21(22,23)24/h4-7,12,14H,8-11,13H2,1-3H3. The van der Waals surface area contributed by atoms with Crippen molar-refractivity contribution in [2.24, 2.45) is 5.92 Å². The molecule has 0 aromatic carbocycles. The lowest BCUT2D eigenvalue weighted by molar-refractivity contribution is -0.141. The van der Waals surface area contributed by atoms with E-state index in [0.717, 1.165) is 30.8 Å². The van der Waals surface area contributed by atoms with Crippen LogP contribution >= 0.6 is 0 Å². The maximum atomic E-state index is 12.6. The maximum absolute atomic E-state index is 12.6. The van der Waals surface area contributed by atoms with E-state index in [1.807, 2.05) is 12.1 Å². The summed E-state index contributed by atoms with van der Waals surface area (Å²) in [6.45, 7) is 7.70. The molecule has 0 unspecified atom stereocenters. The van der Waals surface area contributed by atoms with E-state index in [-0.39, 0.29) is 22.8 Å². The van der Waals surface area contributed by atoms with Gasteiger partial charge in [0, 0.05) is 30.8 Å². The van der Waals surface area contributed by atoms with Crippen LogP contribution in [-0.4, -0.2) is 45.7 Å². The fraction of sp³-hybridized carbons (Fsp3) is 0.524. The third-order valence-electron chi connectivity index (χ3n) is 5.08. The van der Waals surface area contributed by atoms with Gasteiger partial charge in [0.2, 0.25) is 5.88 Å². The number of ether oxygens (including phenoxy) is 1. The zero-order valence-electron chi connectivity index (χ0n) is 17.2. The van der Waals surface area contributed by atoms with E-state index in [4.69, 9.17) is 4.74 Å². The first kappa shape index (κ1) is 22.0. The Labute approximate surface area is 173 Å². The minimum absolute atomic E-state index is 0.0759. The van der Waals surface area contributed by atoms with Gasteiger partial charge in [0.15, 0.2) is 0 Å². The van der Waals surface area contributed by atoms with Gasteiger partial charge < -0.3 is 9.64 Å². The van der Waals surface area contributed by atoms with Crippen LogP contribution in [0.3, 0.4) is 0 Å². The van der Waals surface area contributed by atoms with E-state index in [1.165, 1.54) is 6.07 Å². The second-order valence-corrected chi connectivity index (χ2v) is 8.48. The molecule has 9 heteroatoms. The van der Waals surface area contributed by atoms with Crippen molar-refractivity contribution in [3.63, 3.8) is 0 Å². The first-order valence-corrected chi connectivity index (χ1v) is 9.83. The molecular formula is C21H25F3N4O2. The summed E-state index contributed by atoms with van der Waals surface area (Å²) in [5.41, 5.74) is -0.0344. The number of rotatable bonds is 4. The molecule has 1 aliphatic rings. The van der Waals surface area contributed by atoms with E-state index in [1.54, 1.807) is 4.90 Å². The minimum atomic E-state index is -4.52. The lowest BCUT2D eigenvalue weighted by atomic mass is 9.92. The fourth-order valence-electron chi connectivity index (χ4n) is 3.17. The Morgan fingerprint density at radius 1 is 1.07 bits per heavy atom. The summed E-state index contributed by atoms with van der Waals surface area (Å²) in [5, 5.41) is 8.31. The molecule has 0 atom stereocenters. The topological polar surface area (TPSA) is 68.2 Å². The van der Waals surface area contributed by atoms with Crippen LogP contribution in [0.4, 0.5) is 13.2 Å². The monoisotopic (exact) mass is 422 g/mol. The van der Waals surface area contributed by atoms with E-state index < -0.39 is 11.9 Å². The predicted molar refractivity (Wildman–Crippen MR) is 104 cm³/mol. The molecule has 2 aromatic heterocycles. The number of pyridine rings is 1. The third kappa shape index (κ3) is 5.46. The highest BCUT2D eigenvalue weighted by Gasteiger charge is 2.32. The molecule has 0 saturated carbocycles. The molecule has 0 N–H and O–H groups in total. The highest BCUT2D eigenvalue weighted by Crippen LogP contribution is 2.28. The van der Waals surface area contributed by atoms with Crippen LogP contribution < -0.4 is 4.74 Å². The molecule has 0 spiro atoms. The quantitative estimate of drug-likeness (QED) is 0.742. The Morgan fingerprint density at radius 3 is 2.23 bits per heavy atom. The molecule has 162 valence electrons. The second-order valence-electron chi connectivity index (χ2n) is 8.48. The predicted octanol–water partition coefficient (Wildman–Crippen LogP) is 4.12. The number of carbonyl (C=O) groups is 1. The summed E-state index contributed by atoms with van der Waals surface area (Å²) in [6.07, 6.45) is -2.04. The number of likely N-dealkylation sites (tertiary alicyclic amines) is 1. The first-order valence-electron chi connectivity index (χ1n) is 9.83. The Kier molecular flexibility index (Phi) is 6.28. The summed E-state index contributed by atoms with van der Waals surface area (Å²) in [5.74, 6) is 0.431. The summed E-state index contributed by atoms with van der Waals surface area (Å²) < 4.78 is 43.6. The van der Waals surface area contributed by atoms with Crippen LogP contribution in [0.2, 0.25) is 0 Å². The van der Waals surface area contributed by atoms with Crippen molar-refractivity contribution >= 4 is 5.91 Å². The minimum Gasteiger partial charge on any atom is -0.476 e. The molecule has 30 heavy (non-hydrogen) atoms. The van der Waals surface area contributed by atoms with Crippen molar-refractivity contribution in [2.75, 3.05) is 19.7 Å². The molecule has 0 aliphatic carbocycles. The van der Waals surface area contributed by atoms with E-state index in [2.05, 4.69) is 36.0 Å². The number of piperidine rings is 1. The molecule has 2 aromatic rings. The molecule has 3 rings (SSSR count). The number of nitrogens with zero attached hydrogens (tertiary/aromatic N) is 4. The van der Waals surface area contributed by atoms with Crippen LogP contribution in [0.1, 0.15) is 55.4 Å². The summed E-state index contributed by atoms with van der Waals surface area (Å²) >= 11 is 0. The molecule has 3 heterocycles. The van der Waals surface area contributed by atoms with Crippen LogP contribution in [0.15, 0.2) is 30.5 Å². The molecule has 1 aliphatic heterocycles. The summed E-state index contributed by atoms with van der Waals surface area (Å²) in [7, 11) is 0. The van der Waals surface area contributed by atoms with Gasteiger partial charge in [-0.1, -0.05) is 20.8 Å². The number of hydrogen-bond donors (Lipinski definition) is 0. The molecular weight excluding hydrogens is 397 g/mol. The van der Waals surface area contributed by atoms with Crippen molar-refractivity contribution in [3.8, 4) is 5.88 Å². The number of carbonyl (C=O) groups excluding carboxylic acids is 1. The smallest absolute Gasteiger partial charge is 0.433 e. The Morgan fingerprint density at radius 2 is 1.73 bits per heavy atom. The maximum Gasteiger partial charge on any atom is 0.433 e. The Balaban J connectivity index is 1.48. The van der Waals surface area contributed by atoms with E-state index >= 15 is 0 Å². The zero-order valence-corrected chi connectivity index (χ0v) is 17.2. The molecule has 6 nitrogen and oxygen atoms in total. The lowest BCUT2D eigenvalue weighted by Crippen LogP contribution is -2.39. The lowest BCUT2D eigenvalue weighted by Gasteiger charge is -2.31. The number of aromatic nitrogens is 3. The van der Waals surface area contributed by atoms with Gasteiger partial charge in [-0.2, -0.15) is 18.3 Å². The van der Waals surface area contributed by atoms with Gasteiger partial charge in [0.25, 0.3) is 5.91 Å². The first-order chi connectivity index (χ1) is 14.0. The van der Waals surface area contributed by atoms with Crippen molar-refractivity contribution in [1.82, 2.24) is 20.1 Å². The summed E-state index contributed by atoms with van der Waals surface area (Å²) in [6, 6.07) is 5.72. The molecule has 0 bridgehead atoms. The third-order valence-corrected chi connectivity index (χ3v) is 5.08. The number of amides is 1. The Bertz CT molecular complexity index is 854. The average molecular weight is 422 g/mol. The number of halogens is 3. The highest BCUT2D eigenvalue weighted by atomic mass is 19.4. The highest BCUT2D eigenvalue weighted by molar-refractivity contribution is 5.94. The summed E-state index contributed by atoms with van der Waals surface area (Å²) in [4.78, 5) is 17.5. The molecule has 1 saturated heterocycles. The normalized spacial score (nSPS) is 15.9. The molecule has 1 fully saturated rings. The van der Waals surface area contributed by atoms with Gasteiger partial charge in [-0.25, -0.2) is 0 Å². The van der Waals surface area contributed by atoms with Crippen LogP contribution in [0, 0.1) is 5.92 Å². The van der Waals surface area contributed by atoms with Crippen molar-refractivity contribution < 1.29 is 22.7 Å². The van der Waals surface area contributed by atoms with Crippen molar-refractivity contribution in [2.45, 2.75) is 45.2 Å². The van der Waals surface area contributed by atoms with Gasteiger partial charge in [0.1, 0.15) is 5.69 Å². The molecule has 1 amide bonds.